The first kappa shape index (κ1) is 97.6. The third kappa shape index (κ3) is 38.1. The summed E-state index contributed by atoms with van der Waals surface area (Å²) in [5.74, 6) is -20.6. The van der Waals surface area contributed by atoms with Gasteiger partial charge in [-0.25, -0.2) is 4.79 Å². The van der Waals surface area contributed by atoms with Gasteiger partial charge in [-0.1, -0.05) is 85.7 Å². The van der Waals surface area contributed by atoms with Gasteiger partial charge in [0.05, 0.1) is 19.0 Å². The number of amides is 14. The minimum atomic E-state index is -1.71. The molecule has 618 valence electrons. The van der Waals surface area contributed by atoms with Crippen molar-refractivity contribution in [3.8, 4) is 0 Å². The van der Waals surface area contributed by atoms with Gasteiger partial charge in [0.25, 0.3) is 0 Å². The number of hydrogen-bond acceptors (Lipinski definition) is 21. The summed E-state index contributed by atoms with van der Waals surface area (Å²) >= 11 is 0. The van der Waals surface area contributed by atoms with Gasteiger partial charge in [0.15, 0.2) is 0 Å². The average molecular weight is 1560 g/mol. The van der Waals surface area contributed by atoms with E-state index in [1.165, 1.54) is 27.7 Å². The van der Waals surface area contributed by atoms with Crippen molar-refractivity contribution in [1.82, 2.24) is 74.4 Å². The number of carbonyl (C=O) groups excluding carboxylic acids is 14. The minimum Gasteiger partial charge on any atom is -0.481 e. The molecular weight excluding hydrogens is 1440 g/mol. The average Bonchev–Trinajstić information content (AvgIpc) is 0.784. The van der Waals surface area contributed by atoms with E-state index in [1.54, 1.807) is 85.7 Å². The van der Waals surface area contributed by atoms with Crippen molar-refractivity contribution in [2.75, 3.05) is 19.6 Å². The normalized spacial score (nSPS) is 15.0. The molecule has 0 aliphatic rings. The van der Waals surface area contributed by atoms with Crippen molar-refractivity contribution in [2.24, 2.45) is 40.9 Å². The van der Waals surface area contributed by atoms with Crippen LogP contribution in [0.4, 0.5) is 0 Å². The number of nitrogens with two attached hydrogens (primary N) is 3. The van der Waals surface area contributed by atoms with Crippen LogP contribution in [0.2, 0.25) is 0 Å². The van der Waals surface area contributed by atoms with E-state index in [1.807, 2.05) is 0 Å². The fraction of sp³-hybridized carbons (Fsp3) is 0.662. The summed E-state index contributed by atoms with van der Waals surface area (Å²) in [6.45, 7) is 17.8. The number of carbonyl (C=O) groups is 18. The second kappa shape index (κ2) is 50.3. The topological polar surface area (TPSA) is 635 Å². The van der Waals surface area contributed by atoms with Crippen molar-refractivity contribution in [1.29, 1.82) is 0 Å². The quantitative estimate of drug-likeness (QED) is 0.0277. The lowest BCUT2D eigenvalue weighted by atomic mass is 9.99. The summed E-state index contributed by atoms with van der Waals surface area (Å²) < 4.78 is 0. The number of hydrogen-bond donors (Lipinski definition) is 21. The molecule has 0 aliphatic heterocycles. The van der Waals surface area contributed by atoms with E-state index in [0.29, 0.717) is 31.4 Å². The number of benzene rings is 1. The van der Waals surface area contributed by atoms with Crippen LogP contribution in [0.3, 0.4) is 0 Å². The molecule has 110 heavy (non-hydrogen) atoms. The largest absolute Gasteiger partial charge is 0.481 e. The second-order valence-corrected chi connectivity index (χ2v) is 28.5. The maximum absolute atomic E-state index is 14.4. The number of rotatable bonds is 53. The third-order valence-electron chi connectivity index (χ3n) is 17.0. The molecule has 0 bridgehead atoms. The first-order valence-electron chi connectivity index (χ1n) is 36.7. The van der Waals surface area contributed by atoms with E-state index in [-0.39, 0.29) is 62.8 Å². The van der Waals surface area contributed by atoms with E-state index < -0.39 is 236 Å². The van der Waals surface area contributed by atoms with Crippen molar-refractivity contribution in [3.05, 3.63) is 35.9 Å². The highest BCUT2D eigenvalue weighted by Gasteiger charge is 2.38. The van der Waals surface area contributed by atoms with Gasteiger partial charge >= 0.3 is 23.9 Å². The molecule has 39 nitrogen and oxygen atoms in total. The Morgan fingerprint density at radius 3 is 1.12 bits per heavy atom. The van der Waals surface area contributed by atoms with Crippen LogP contribution < -0.4 is 91.6 Å². The van der Waals surface area contributed by atoms with Gasteiger partial charge in [0.2, 0.25) is 82.7 Å². The monoisotopic (exact) mass is 1560 g/mol. The zero-order valence-electron chi connectivity index (χ0n) is 64.7. The molecule has 0 saturated heterocycles. The molecule has 1 aromatic carbocycles. The molecule has 39 heteroatoms. The molecule has 0 aliphatic carbocycles. The maximum atomic E-state index is 14.4. The smallest absolute Gasteiger partial charge is 0.326 e. The van der Waals surface area contributed by atoms with Crippen LogP contribution in [0, 0.1) is 23.7 Å². The molecule has 0 saturated carbocycles. The first-order chi connectivity index (χ1) is 51.4. The van der Waals surface area contributed by atoms with Crippen molar-refractivity contribution in [3.63, 3.8) is 0 Å². The number of carboxylic acids is 4. The standard InChI is InChI=1S/C71H117N17O22/c1-35(2)30-48(67(105)82-45(24-26-53(90)91)62(100)77-39(9)58(96)75-34-52(89)80-50(32-43-20-14-13-15-21-43)65(103)79-41(11)60(98)84-47(71(109)110)23-17-19-29-73)85-63(101)44(22-16-18-28-72)81-64(102)46(25-27-54(92)93)83-68(106)49(31-36(3)4)87-70(108)57(38(7)8)88-61(99)42(12)76-59(97)40(10)78-66(104)51(33-55(94)95)86-69(107)56(74)37(5)6/h13-15,20-21,35-42,44-51,56-57H,16-19,22-34,72-74H2,1-12H3,(H,75,96)(H,76,97)(H,77,100)(H,78,104)(H,79,103)(H,80,89)(H,81,102)(H,82,105)(H,83,106)(H,84,98)(H,85,101)(H,86,107)(H,87,108)(H,88,99)(H,90,91)(H,92,93)(H,94,95)(H,109,110)/t39-,40-,41-,42-,44-,45-,46-,47-,48-,49-,50-,51-,56-,57-/m0/s1. The molecule has 0 fully saturated rings. The van der Waals surface area contributed by atoms with Crippen LogP contribution in [-0.4, -0.2) is 231 Å². The fourth-order valence-electron chi connectivity index (χ4n) is 10.6. The Bertz CT molecular complexity index is 3310. The number of nitrogens with one attached hydrogen (secondary N) is 14. The highest BCUT2D eigenvalue weighted by Crippen LogP contribution is 2.15. The van der Waals surface area contributed by atoms with Gasteiger partial charge in [-0.2, -0.15) is 0 Å². The summed E-state index contributed by atoms with van der Waals surface area (Å²) in [4.78, 5) is 239. The molecule has 0 radical (unpaired) electrons. The van der Waals surface area contributed by atoms with Crippen molar-refractivity contribution < 1.29 is 107 Å². The maximum Gasteiger partial charge on any atom is 0.326 e. The van der Waals surface area contributed by atoms with Gasteiger partial charge in [0.1, 0.15) is 78.5 Å². The molecular formula is C71H117N17O22. The number of unbranched alkanes of at least 4 members (excludes halogenated alkanes) is 2. The highest BCUT2D eigenvalue weighted by atomic mass is 16.4. The van der Waals surface area contributed by atoms with E-state index in [2.05, 4.69) is 74.4 Å². The Labute approximate surface area is 639 Å². The SMILES string of the molecule is CC(C)C[C@H](NC(=O)[C@H](CCCCN)NC(=O)[C@H](CCC(=O)O)NC(=O)[C@H](CC(C)C)NC(=O)[C@@H](NC(=O)[C@H](C)NC(=O)[C@H](C)NC(=O)[C@H](CC(=O)O)NC(=O)[C@@H](N)C(C)C)C(C)C)C(=O)N[C@@H](CCC(=O)O)C(=O)N[C@@H](C)C(=O)NCC(=O)N[C@@H](Cc1ccccc1)C(=O)N[C@@H](C)C(=O)N[C@@H](CCCCN)C(=O)O. The molecule has 14 amide bonds. The number of carboxylic acid groups (broad SMARTS) is 4. The summed E-state index contributed by atoms with van der Waals surface area (Å²) in [5, 5.41) is 72.6. The van der Waals surface area contributed by atoms with Crippen LogP contribution in [-0.2, 0) is 92.7 Å². The predicted octanol–water partition coefficient (Wildman–Crippen LogP) is -3.99. The molecule has 0 spiro atoms. The Morgan fingerprint density at radius 2 is 0.700 bits per heavy atom. The van der Waals surface area contributed by atoms with Gasteiger partial charge < -0.3 is 112 Å². The Hall–Kier alpha value is -10.4. The molecule has 1 aromatic rings. The van der Waals surface area contributed by atoms with Gasteiger partial charge in [-0.15, -0.1) is 0 Å². The van der Waals surface area contributed by atoms with Crippen molar-refractivity contribution in [2.45, 2.75) is 258 Å². The summed E-state index contributed by atoms with van der Waals surface area (Å²) in [6.07, 6.45) is -2.39. The summed E-state index contributed by atoms with van der Waals surface area (Å²) in [7, 11) is 0. The van der Waals surface area contributed by atoms with Crippen LogP contribution in [0.5, 0.6) is 0 Å². The lowest BCUT2D eigenvalue weighted by Gasteiger charge is -2.29. The molecule has 0 aromatic heterocycles. The minimum absolute atomic E-state index is 0.0752. The van der Waals surface area contributed by atoms with Gasteiger partial charge in [0, 0.05) is 19.3 Å². The first-order valence-corrected chi connectivity index (χ1v) is 36.7. The Balaban J connectivity index is 3.42. The lowest BCUT2D eigenvalue weighted by Crippen LogP contribution is -2.61. The summed E-state index contributed by atoms with van der Waals surface area (Å²) in [6, 6.07) is -11.8. The number of aliphatic carboxylic acids is 4. The van der Waals surface area contributed by atoms with E-state index in [0.717, 1.165) is 0 Å². The Kier molecular flexibility index (Phi) is 44.6. The highest BCUT2D eigenvalue weighted by molar-refractivity contribution is 6.00. The lowest BCUT2D eigenvalue weighted by molar-refractivity contribution is -0.142. The molecule has 24 N–H and O–H groups in total. The zero-order chi connectivity index (χ0) is 83.8. The zero-order valence-corrected chi connectivity index (χ0v) is 64.7. The van der Waals surface area contributed by atoms with E-state index in [4.69, 9.17) is 17.2 Å². The predicted molar refractivity (Wildman–Crippen MR) is 397 cm³/mol. The second-order valence-electron chi connectivity index (χ2n) is 28.5. The van der Waals surface area contributed by atoms with E-state index >= 15 is 0 Å². The molecule has 1 rings (SSSR count). The van der Waals surface area contributed by atoms with Gasteiger partial charge in [-0.3, -0.25) is 81.5 Å². The Morgan fingerprint density at radius 1 is 0.345 bits per heavy atom. The fourth-order valence-corrected chi connectivity index (χ4v) is 10.6. The van der Waals surface area contributed by atoms with Crippen LogP contribution in [0.1, 0.15) is 172 Å². The van der Waals surface area contributed by atoms with Crippen LogP contribution >= 0.6 is 0 Å². The van der Waals surface area contributed by atoms with Crippen molar-refractivity contribution >= 4 is 107 Å². The van der Waals surface area contributed by atoms with Gasteiger partial charge in [-0.05, 0) is 134 Å². The molecule has 14 atom stereocenters. The van der Waals surface area contributed by atoms with E-state index in [9.17, 15) is 107 Å². The summed E-state index contributed by atoms with van der Waals surface area (Å²) in [5.41, 5.74) is 17.7. The van der Waals surface area contributed by atoms with Crippen LogP contribution in [0.15, 0.2) is 30.3 Å². The molecule has 0 unspecified atom stereocenters. The van der Waals surface area contributed by atoms with Crippen LogP contribution in [0.25, 0.3) is 0 Å². The molecule has 0 heterocycles. The third-order valence-corrected chi connectivity index (χ3v) is 17.0.